The number of anilines is 1. The fraction of sp³-hybridized carbons (Fsp3) is 0.400. The highest BCUT2D eigenvalue weighted by Gasteiger charge is 2.14. The minimum Gasteiger partial charge on any atom is -0.379 e. The standard InChI is InChI=1S/C15H17N5O2S2/c21-13(7-11-9-20-3-6-23-15(20)17-11)18-14-16-12(10-24-14)8-19-1-4-22-5-2-19/h3,6,9-10H,1-2,4-5,7-8H2,(H,16,18,21). The van der Waals surface area contributed by atoms with Crippen LogP contribution in [0.3, 0.4) is 0 Å². The maximum Gasteiger partial charge on any atom is 0.232 e. The molecule has 24 heavy (non-hydrogen) atoms. The molecule has 0 radical (unpaired) electrons. The zero-order chi connectivity index (χ0) is 16.4. The van der Waals surface area contributed by atoms with Crippen LogP contribution >= 0.6 is 22.7 Å². The van der Waals surface area contributed by atoms with Crippen molar-refractivity contribution in [2.75, 3.05) is 31.6 Å². The first-order valence-corrected chi connectivity index (χ1v) is 9.47. The Morgan fingerprint density at radius 2 is 2.12 bits per heavy atom. The molecule has 4 heterocycles. The average Bonchev–Trinajstić information content (AvgIpc) is 3.25. The lowest BCUT2D eigenvalue weighted by Crippen LogP contribution is -2.35. The highest BCUT2D eigenvalue weighted by molar-refractivity contribution is 7.15. The zero-order valence-electron chi connectivity index (χ0n) is 13.0. The van der Waals surface area contributed by atoms with Crippen molar-refractivity contribution < 1.29 is 9.53 Å². The summed E-state index contributed by atoms with van der Waals surface area (Å²) in [6, 6.07) is 0. The van der Waals surface area contributed by atoms with Gasteiger partial charge in [-0.3, -0.25) is 14.1 Å². The van der Waals surface area contributed by atoms with Gasteiger partial charge in [0.25, 0.3) is 0 Å². The van der Waals surface area contributed by atoms with Crippen LogP contribution in [0.15, 0.2) is 23.2 Å². The quantitative estimate of drug-likeness (QED) is 0.749. The number of imidazole rings is 1. The van der Waals surface area contributed by atoms with Gasteiger partial charge in [-0.1, -0.05) is 0 Å². The van der Waals surface area contributed by atoms with Crippen molar-refractivity contribution in [2.24, 2.45) is 0 Å². The highest BCUT2D eigenvalue weighted by atomic mass is 32.1. The molecular weight excluding hydrogens is 346 g/mol. The molecule has 0 spiro atoms. The average molecular weight is 363 g/mol. The fourth-order valence-corrected chi connectivity index (χ4v) is 4.05. The summed E-state index contributed by atoms with van der Waals surface area (Å²) >= 11 is 3.01. The van der Waals surface area contributed by atoms with Crippen molar-refractivity contribution in [2.45, 2.75) is 13.0 Å². The van der Waals surface area contributed by atoms with E-state index in [1.165, 1.54) is 11.3 Å². The fourth-order valence-electron chi connectivity index (χ4n) is 2.61. The Bertz CT molecular complexity index is 805. The Morgan fingerprint density at radius 3 is 2.96 bits per heavy atom. The first-order valence-electron chi connectivity index (χ1n) is 7.72. The normalized spacial score (nSPS) is 15.8. The van der Waals surface area contributed by atoms with Gasteiger partial charge in [-0.15, -0.1) is 22.7 Å². The molecule has 1 fully saturated rings. The number of amides is 1. The second-order valence-electron chi connectivity index (χ2n) is 5.58. The minimum atomic E-state index is -0.0898. The van der Waals surface area contributed by atoms with Crippen molar-refractivity contribution in [3.8, 4) is 0 Å². The summed E-state index contributed by atoms with van der Waals surface area (Å²) < 4.78 is 7.27. The SMILES string of the molecule is O=C(Cc1cn2ccsc2n1)Nc1nc(CN2CCOCC2)cs1. The minimum absolute atomic E-state index is 0.0898. The van der Waals surface area contributed by atoms with Gasteiger partial charge in [-0.25, -0.2) is 9.97 Å². The van der Waals surface area contributed by atoms with E-state index in [4.69, 9.17) is 4.74 Å². The largest absolute Gasteiger partial charge is 0.379 e. The molecule has 0 aliphatic carbocycles. The predicted molar refractivity (Wildman–Crippen MR) is 93.6 cm³/mol. The Labute approximate surface area is 146 Å². The van der Waals surface area contributed by atoms with E-state index >= 15 is 0 Å². The molecule has 0 atom stereocenters. The third kappa shape index (κ3) is 3.64. The summed E-state index contributed by atoms with van der Waals surface area (Å²) in [5.74, 6) is -0.0898. The number of nitrogens with zero attached hydrogens (tertiary/aromatic N) is 4. The van der Waals surface area contributed by atoms with Gasteiger partial charge in [0.15, 0.2) is 10.1 Å². The van der Waals surface area contributed by atoms with Crippen LogP contribution in [0.5, 0.6) is 0 Å². The van der Waals surface area contributed by atoms with Crippen LogP contribution in [0, 0.1) is 0 Å². The second-order valence-corrected chi connectivity index (χ2v) is 7.31. The Hall–Kier alpha value is -1.81. The van der Waals surface area contributed by atoms with E-state index < -0.39 is 0 Å². The molecular formula is C15H17N5O2S2. The van der Waals surface area contributed by atoms with E-state index in [2.05, 4.69) is 20.2 Å². The van der Waals surface area contributed by atoms with E-state index in [9.17, 15) is 4.79 Å². The van der Waals surface area contributed by atoms with Gasteiger partial charge >= 0.3 is 0 Å². The van der Waals surface area contributed by atoms with Crippen LogP contribution in [0.1, 0.15) is 11.4 Å². The number of rotatable bonds is 5. The molecule has 1 aliphatic heterocycles. The van der Waals surface area contributed by atoms with Gasteiger partial charge in [-0.05, 0) is 0 Å². The summed E-state index contributed by atoms with van der Waals surface area (Å²) in [5, 5.41) is 7.47. The molecule has 1 saturated heterocycles. The molecule has 9 heteroatoms. The Balaban J connectivity index is 1.33. The van der Waals surface area contributed by atoms with Gasteiger partial charge in [0.05, 0.1) is 31.0 Å². The van der Waals surface area contributed by atoms with Crippen molar-refractivity contribution >= 4 is 38.7 Å². The van der Waals surface area contributed by atoms with Crippen molar-refractivity contribution in [1.29, 1.82) is 0 Å². The van der Waals surface area contributed by atoms with Gasteiger partial charge in [0, 0.05) is 42.8 Å². The van der Waals surface area contributed by atoms with Crippen molar-refractivity contribution in [3.63, 3.8) is 0 Å². The molecule has 1 aliphatic rings. The van der Waals surface area contributed by atoms with Crippen LogP contribution in [-0.4, -0.2) is 51.5 Å². The predicted octanol–water partition coefficient (Wildman–Crippen LogP) is 1.87. The molecule has 3 aromatic rings. The molecule has 7 nitrogen and oxygen atoms in total. The number of hydrogen-bond donors (Lipinski definition) is 1. The van der Waals surface area contributed by atoms with E-state index in [0.717, 1.165) is 49.2 Å². The second kappa shape index (κ2) is 6.98. The van der Waals surface area contributed by atoms with E-state index in [0.29, 0.717) is 5.13 Å². The lowest BCUT2D eigenvalue weighted by molar-refractivity contribution is -0.115. The number of nitrogens with one attached hydrogen (secondary N) is 1. The summed E-state index contributed by atoms with van der Waals surface area (Å²) in [7, 11) is 0. The number of carbonyl (C=O) groups excluding carboxylic acids is 1. The van der Waals surface area contributed by atoms with Gasteiger partial charge in [0.2, 0.25) is 5.91 Å². The molecule has 0 saturated carbocycles. The number of thiazole rings is 2. The molecule has 0 aromatic carbocycles. The number of morpholine rings is 1. The molecule has 1 N–H and O–H groups in total. The number of carbonyl (C=O) groups is 1. The van der Waals surface area contributed by atoms with Crippen LogP contribution in [-0.2, 0) is 22.5 Å². The molecule has 0 bridgehead atoms. The summed E-state index contributed by atoms with van der Waals surface area (Å²) in [6.45, 7) is 4.20. The van der Waals surface area contributed by atoms with Crippen molar-refractivity contribution in [3.05, 3.63) is 34.5 Å². The van der Waals surface area contributed by atoms with Crippen LogP contribution in [0.4, 0.5) is 5.13 Å². The van der Waals surface area contributed by atoms with E-state index in [1.54, 1.807) is 11.3 Å². The third-order valence-corrected chi connectivity index (χ3v) is 5.35. The van der Waals surface area contributed by atoms with E-state index in [1.807, 2.05) is 27.6 Å². The zero-order valence-corrected chi connectivity index (χ0v) is 14.6. The monoisotopic (exact) mass is 363 g/mol. The van der Waals surface area contributed by atoms with Gasteiger partial charge in [0.1, 0.15) is 0 Å². The number of ether oxygens (including phenoxy) is 1. The lowest BCUT2D eigenvalue weighted by atomic mass is 10.3. The van der Waals surface area contributed by atoms with Crippen molar-refractivity contribution in [1.82, 2.24) is 19.3 Å². The van der Waals surface area contributed by atoms with E-state index in [-0.39, 0.29) is 12.3 Å². The number of aromatic nitrogens is 3. The maximum atomic E-state index is 12.2. The summed E-state index contributed by atoms with van der Waals surface area (Å²) in [4.78, 5) is 24.3. The van der Waals surface area contributed by atoms with Crippen LogP contribution in [0.2, 0.25) is 0 Å². The molecule has 0 unspecified atom stereocenters. The molecule has 1 amide bonds. The van der Waals surface area contributed by atoms with Gasteiger partial charge in [-0.2, -0.15) is 0 Å². The summed E-state index contributed by atoms with van der Waals surface area (Å²) in [5.41, 5.74) is 1.75. The van der Waals surface area contributed by atoms with Crippen LogP contribution < -0.4 is 5.32 Å². The van der Waals surface area contributed by atoms with Gasteiger partial charge < -0.3 is 10.1 Å². The highest BCUT2D eigenvalue weighted by Crippen LogP contribution is 2.18. The number of fused-ring (bicyclic) bond motifs is 1. The Morgan fingerprint density at radius 1 is 1.25 bits per heavy atom. The molecule has 126 valence electrons. The smallest absolute Gasteiger partial charge is 0.232 e. The van der Waals surface area contributed by atoms with Crippen LogP contribution in [0.25, 0.3) is 4.96 Å². The molecule has 4 rings (SSSR count). The summed E-state index contributed by atoms with van der Waals surface area (Å²) in [6.07, 6.45) is 4.08. The topological polar surface area (TPSA) is 71.8 Å². The Kier molecular flexibility index (Phi) is 4.56. The maximum absolute atomic E-state index is 12.2. The first kappa shape index (κ1) is 15.7. The third-order valence-electron chi connectivity index (χ3n) is 3.77. The lowest BCUT2D eigenvalue weighted by Gasteiger charge is -2.25. The molecule has 3 aromatic heterocycles. The number of hydrogen-bond acceptors (Lipinski definition) is 7. The first-order chi connectivity index (χ1) is 11.8.